The van der Waals surface area contributed by atoms with Crippen molar-refractivity contribution >= 4 is 19.7 Å². The Morgan fingerprint density at radius 1 is 0.467 bits per heavy atom. The molecule has 0 aliphatic carbocycles. The van der Waals surface area contributed by atoms with E-state index in [4.69, 9.17) is 13.8 Å². The fourth-order valence-electron chi connectivity index (χ4n) is 8.74. The molecule has 436 valence electrons. The average molecular weight is 1070 g/mol. The number of unbranched alkanes of at least 4 members (excludes halogenated alkanes) is 30. The molecule has 0 aromatic carbocycles. The van der Waals surface area contributed by atoms with Crippen LogP contribution in [0, 0.1) is 0 Å². The van der Waals surface area contributed by atoms with Crippen LogP contribution in [0.25, 0.3) is 0 Å². The average Bonchev–Trinajstić information content (AvgIpc) is 3.37. The minimum Gasteiger partial charge on any atom is -0.756 e. The van der Waals surface area contributed by atoms with Gasteiger partial charge in [0.25, 0.3) is 7.82 Å². The molecule has 3 atom stereocenters. The van der Waals surface area contributed by atoms with Gasteiger partial charge in [0.15, 0.2) is 0 Å². The first-order chi connectivity index (χ1) is 36.4. The van der Waals surface area contributed by atoms with Gasteiger partial charge in [-0.15, -0.1) is 0 Å². The Kier molecular flexibility index (Phi) is 52.9. The zero-order chi connectivity index (χ0) is 55.0. The van der Waals surface area contributed by atoms with E-state index in [-0.39, 0.29) is 18.9 Å². The highest BCUT2D eigenvalue weighted by Crippen LogP contribution is 2.38. The molecule has 0 radical (unpaired) electrons. The first-order valence-electron chi connectivity index (χ1n) is 31.2. The third kappa shape index (κ3) is 56.0. The van der Waals surface area contributed by atoms with E-state index in [1.54, 1.807) is 0 Å². The number of likely N-dealkylation sites (N-methyl/N-ethyl adjacent to an activating group) is 1. The van der Waals surface area contributed by atoms with Crippen LogP contribution in [-0.2, 0) is 27.9 Å². The van der Waals surface area contributed by atoms with Gasteiger partial charge in [-0.3, -0.25) is 14.2 Å². The molecule has 0 fully saturated rings. The SMILES string of the molecule is CCCCC/C=C\C/C=C\C/C=C\C/C=C\CCCC(=O)OC(/C=C\CCCCCCCCCCC)C(COP(=O)([O-])OCC[N+](C)(C)C)NC(=O)CCCCCCCCCCCCC/C=C/CCCCCCCC. The third-order valence-electron chi connectivity index (χ3n) is 13.6. The van der Waals surface area contributed by atoms with Crippen molar-refractivity contribution in [2.24, 2.45) is 0 Å². The lowest BCUT2D eigenvalue weighted by atomic mass is 10.0. The minimum absolute atomic E-state index is 0.0325. The molecular formula is C65H119N2O7P. The van der Waals surface area contributed by atoms with Crippen molar-refractivity contribution in [2.45, 2.75) is 290 Å². The molecule has 3 unspecified atom stereocenters. The second-order valence-electron chi connectivity index (χ2n) is 22.2. The van der Waals surface area contributed by atoms with Crippen LogP contribution in [0.2, 0.25) is 0 Å². The van der Waals surface area contributed by atoms with Crippen molar-refractivity contribution in [3.63, 3.8) is 0 Å². The molecule has 75 heavy (non-hydrogen) atoms. The molecule has 1 amide bonds. The van der Waals surface area contributed by atoms with Crippen LogP contribution >= 0.6 is 7.82 Å². The number of carbonyl (C=O) groups is 2. The molecule has 0 aliphatic rings. The van der Waals surface area contributed by atoms with Crippen LogP contribution in [0.4, 0.5) is 0 Å². The molecule has 0 saturated carbocycles. The van der Waals surface area contributed by atoms with Crippen molar-refractivity contribution in [2.75, 3.05) is 40.9 Å². The number of phosphoric acid groups is 1. The van der Waals surface area contributed by atoms with Gasteiger partial charge in [0, 0.05) is 12.8 Å². The quantitative estimate of drug-likeness (QED) is 0.0212. The monoisotopic (exact) mass is 1070 g/mol. The molecule has 0 spiro atoms. The maximum atomic E-state index is 13.5. The lowest BCUT2D eigenvalue weighted by Gasteiger charge is -2.30. The number of nitrogens with one attached hydrogen (secondary N) is 1. The first-order valence-corrected chi connectivity index (χ1v) is 32.7. The number of phosphoric ester groups is 1. The highest BCUT2D eigenvalue weighted by Gasteiger charge is 2.27. The number of esters is 1. The summed E-state index contributed by atoms with van der Waals surface area (Å²) in [4.78, 5) is 39.9. The van der Waals surface area contributed by atoms with Crippen LogP contribution in [0.15, 0.2) is 72.9 Å². The molecule has 9 nitrogen and oxygen atoms in total. The van der Waals surface area contributed by atoms with Crippen molar-refractivity contribution in [3.8, 4) is 0 Å². The van der Waals surface area contributed by atoms with Crippen LogP contribution in [-0.4, -0.2) is 69.4 Å². The Balaban J connectivity index is 5.26. The maximum Gasteiger partial charge on any atom is 0.306 e. The Labute approximate surface area is 463 Å². The molecule has 0 bridgehead atoms. The van der Waals surface area contributed by atoms with Gasteiger partial charge < -0.3 is 28.5 Å². The van der Waals surface area contributed by atoms with Crippen LogP contribution in [0.5, 0.6) is 0 Å². The number of ether oxygens (including phenoxy) is 1. The largest absolute Gasteiger partial charge is 0.756 e. The normalized spacial score (nSPS) is 14.2. The van der Waals surface area contributed by atoms with Gasteiger partial charge in [-0.2, -0.15) is 0 Å². The van der Waals surface area contributed by atoms with Crippen molar-refractivity contribution in [3.05, 3.63) is 72.9 Å². The highest BCUT2D eigenvalue weighted by atomic mass is 31.2. The second kappa shape index (κ2) is 54.8. The van der Waals surface area contributed by atoms with Gasteiger partial charge in [-0.1, -0.05) is 242 Å². The topological polar surface area (TPSA) is 114 Å². The lowest BCUT2D eigenvalue weighted by Crippen LogP contribution is -2.47. The predicted molar refractivity (Wildman–Crippen MR) is 321 cm³/mol. The summed E-state index contributed by atoms with van der Waals surface area (Å²) in [5.41, 5.74) is 0. The number of nitrogens with zero attached hydrogens (tertiary/aromatic N) is 1. The number of hydrogen-bond donors (Lipinski definition) is 1. The Bertz CT molecular complexity index is 1510. The number of allylic oxidation sites excluding steroid dienone is 11. The Hall–Kier alpha value is -2.55. The van der Waals surface area contributed by atoms with Crippen LogP contribution in [0.1, 0.15) is 278 Å². The molecule has 0 heterocycles. The zero-order valence-corrected chi connectivity index (χ0v) is 50.6. The summed E-state index contributed by atoms with van der Waals surface area (Å²) in [5.74, 6) is -0.605. The fraction of sp³-hybridized carbons (Fsp3) is 0.785. The smallest absolute Gasteiger partial charge is 0.306 e. The Morgan fingerprint density at radius 2 is 0.827 bits per heavy atom. The van der Waals surface area contributed by atoms with E-state index in [0.29, 0.717) is 23.9 Å². The highest BCUT2D eigenvalue weighted by molar-refractivity contribution is 7.45. The molecule has 0 saturated heterocycles. The summed E-state index contributed by atoms with van der Waals surface area (Å²) in [6.45, 7) is 6.78. The molecule has 10 heteroatoms. The van der Waals surface area contributed by atoms with Gasteiger partial charge in [-0.05, 0) is 96.0 Å². The van der Waals surface area contributed by atoms with Crippen molar-refractivity contribution in [1.82, 2.24) is 5.32 Å². The van der Waals surface area contributed by atoms with E-state index in [1.807, 2.05) is 33.3 Å². The second-order valence-corrected chi connectivity index (χ2v) is 23.6. The minimum atomic E-state index is -4.71. The molecule has 0 aromatic rings. The van der Waals surface area contributed by atoms with Gasteiger partial charge in [0.05, 0.1) is 33.8 Å². The van der Waals surface area contributed by atoms with Gasteiger partial charge in [-0.25, -0.2) is 0 Å². The van der Waals surface area contributed by atoms with E-state index < -0.39 is 32.5 Å². The molecular weight excluding hydrogens is 952 g/mol. The standard InChI is InChI=1S/C65H119N2O7P/c1-7-10-13-16-19-22-25-27-29-31-32-33-34-36-37-39-42-45-48-51-54-57-64(68)66-62(61-73-75(70,71)72-60-59-67(4,5)6)63(56-53-50-47-44-41-24-21-18-15-12-9-3)74-65(69)58-55-52-49-46-43-40-38-35-30-28-26-23-20-17-14-11-8-2/h20,23,27-30,38,40,46,49,53,56,62-63H,7-19,21-22,24-26,31-37,39,41-45,47-48,50-52,54-55,57-61H2,1-6H3,(H-,66,68,70,71)/b23-20-,29-27+,30-28-,40-38-,49-46-,56-53-. The molecule has 1 N–H and O–H groups in total. The number of rotatable bonds is 56. The first kappa shape index (κ1) is 72.5. The molecule has 0 aliphatic heterocycles. The van der Waals surface area contributed by atoms with Crippen molar-refractivity contribution < 1.29 is 37.3 Å². The van der Waals surface area contributed by atoms with Crippen LogP contribution in [0.3, 0.4) is 0 Å². The van der Waals surface area contributed by atoms with Gasteiger partial charge >= 0.3 is 5.97 Å². The summed E-state index contributed by atoms with van der Waals surface area (Å²) in [6.07, 6.45) is 70.2. The predicted octanol–water partition coefficient (Wildman–Crippen LogP) is 18.6. The van der Waals surface area contributed by atoms with Gasteiger partial charge in [0.1, 0.15) is 19.3 Å². The van der Waals surface area contributed by atoms with Crippen molar-refractivity contribution in [1.29, 1.82) is 0 Å². The van der Waals surface area contributed by atoms with Crippen LogP contribution < -0.4 is 10.2 Å². The molecule has 0 rings (SSSR count). The summed E-state index contributed by atoms with van der Waals surface area (Å²) >= 11 is 0. The summed E-state index contributed by atoms with van der Waals surface area (Å²) in [7, 11) is 1.15. The van der Waals surface area contributed by atoms with E-state index in [0.717, 1.165) is 64.2 Å². The zero-order valence-electron chi connectivity index (χ0n) is 49.7. The lowest BCUT2D eigenvalue weighted by molar-refractivity contribution is -0.870. The number of carbonyl (C=O) groups excluding carboxylic acids is 2. The third-order valence-corrected chi connectivity index (χ3v) is 14.6. The number of hydrogen-bond acceptors (Lipinski definition) is 7. The van der Waals surface area contributed by atoms with E-state index in [2.05, 4.69) is 86.8 Å². The summed E-state index contributed by atoms with van der Waals surface area (Å²) < 4.78 is 30.2. The fourth-order valence-corrected chi connectivity index (χ4v) is 9.47. The van der Waals surface area contributed by atoms with E-state index in [1.165, 1.54) is 173 Å². The van der Waals surface area contributed by atoms with Gasteiger partial charge in [0.2, 0.25) is 5.91 Å². The summed E-state index contributed by atoms with van der Waals surface area (Å²) in [6, 6.07) is -0.912. The maximum absolute atomic E-state index is 13.5. The number of quaternary nitrogens is 1. The number of amides is 1. The van der Waals surface area contributed by atoms with E-state index >= 15 is 0 Å². The Morgan fingerprint density at radius 3 is 1.28 bits per heavy atom. The van der Waals surface area contributed by atoms with E-state index in [9.17, 15) is 19.0 Å². The molecule has 0 aromatic heterocycles. The summed E-state index contributed by atoms with van der Waals surface area (Å²) in [5, 5.41) is 3.01.